The van der Waals surface area contributed by atoms with Gasteiger partial charge in [-0.15, -0.1) is 0 Å². The van der Waals surface area contributed by atoms with Crippen LogP contribution in [0.25, 0.3) is 0 Å². The first-order valence-corrected chi connectivity index (χ1v) is 9.99. The van der Waals surface area contributed by atoms with E-state index in [2.05, 4.69) is 0 Å². The van der Waals surface area contributed by atoms with Gasteiger partial charge in [0.15, 0.2) is 0 Å². The van der Waals surface area contributed by atoms with E-state index in [1.165, 1.54) is 12.1 Å². The zero-order chi connectivity index (χ0) is 18.7. The van der Waals surface area contributed by atoms with Crippen LogP contribution in [0.5, 0.6) is 5.75 Å². The smallest absolute Gasteiger partial charge is 0.339 e. The summed E-state index contributed by atoms with van der Waals surface area (Å²) < 4.78 is 30.1. The molecule has 0 spiro atoms. The molecular formula is C19H22N2O4S. The van der Waals surface area contributed by atoms with Gasteiger partial charge in [-0.1, -0.05) is 19.1 Å². The van der Waals surface area contributed by atoms with Crippen LogP contribution in [0.4, 0.5) is 10.5 Å². The second-order valence-corrected chi connectivity index (χ2v) is 7.82. The van der Waals surface area contributed by atoms with Crippen LogP contribution in [0.3, 0.4) is 0 Å². The van der Waals surface area contributed by atoms with E-state index < -0.39 is 10.1 Å². The molecule has 0 aliphatic carbocycles. The van der Waals surface area contributed by atoms with Gasteiger partial charge in [0.05, 0.1) is 0 Å². The molecule has 0 N–H and O–H groups in total. The average Bonchev–Trinajstić information content (AvgIpc) is 2.96. The number of hydrogen-bond acceptors (Lipinski definition) is 4. The molecule has 1 fully saturated rings. The number of nitrogens with zero attached hydrogens (tertiary/aromatic N) is 2. The minimum Gasteiger partial charge on any atom is -0.379 e. The van der Waals surface area contributed by atoms with Crippen LogP contribution in [-0.2, 0) is 10.1 Å². The lowest BCUT2D eigenvalue weighted by Crippen LogP contribution is -2.32. The molecule has 0 unspecified atom stereocenters. The predicted octanol–water partition coefficient (Wildman–Crippen LogP) is 3.41. The van der Waals surface area contributed by atoms with Crippen molar-refractivity contribution in [1.29, 1.82) is 0 Å². The Labute approximate surface area is 154 Å². The number of hydrogen-bond donors (Lipinski definition) is 0. The Hall–Kier alpha value is -2.54. The lowest BCUT2D eigenvalue weighted by Gasteiger charge is -2.18. The van der Waals surface area contributed by atoms with E-state index in [1.54, 1.807) is 40.1 Å². The fraction of sp³-hybridized carbons (Fsp3) is 0.316. The number of anilines is 1. The van der Waals surface area contributed by atoms with Gasteiger partial charge in [0, 0.05) is 25.3 Å². The zero-order valence-corrected chi connectivity index (χ0v) is 15.7. The van der Waals surface area contributed by atoms with E-state index in [4.69, 9.17) is 4.18 Å². The van der Waals surface area contributed by atoms with E-state index in [-0.39, 0.29) is 16.7 Å². The summed E-state index contributed by atoms with van der Waals surface area (Å²) in [7, 11) is -3.92. The molecule has 1 saturated heterocycles. The van der Waals surface area contributed by atoms with E-state index in [1.807, 2.05) is 19.9 Å². The lowest BCUT2D eigenvalue weighted by molar-refractivity contribution is 0.220. The maximum Gasteiger partial charge on any atom is 0.339 e. The standard InChI is InChI=1S/C19H22N2O4S/c1-3-11-20-12-13-21(19(20)22)16-7-9-18(10-8-16)26(23,24)25-17-6-4-5-15(2)14-17/h4-10,14H,3,11-13H2,1-2H3. The fourth-order valence-electron chi connectivity index (χ4n) is 2.93. The predicted molar refractivity (Wildman–Crippen MR) is 100 cm³/mol. The van der Waals surface area contributed by atoms with Gasteiger partial charge in [-0.3, -0.25) is 4.90 Å². The van der Waals surface area contributed by atoms with Crippen molar-refractivity contribution in [2.45, 2.75) is 25.2 Å². The summed E-state index contributed by atoms with van der Waals surface area (Å²) in [5, 5.41) is 0. The molecule has 1 aliphatic heterocycles. The maximum atomic E-state index is 12.4. The SMILES string of the molecule is CCCN1CCN(c2ccc(S(=O)(=O)Oc3cccc(C)c3)cc2)C1=O. The zero-order valence-electron chi connectivity index (χ0n) is 14.9. The van der Waals surface area contributed by atoms with Crippen molar-refractivity contribution < 1.29 is 17.4 Å². The number of benzene rings is 2. The lowest BCUT2D eigenvalue weighted by atomic mass is 10.2. The molecule has 0 saturated carbocycles. The second-order valence-electron chi connectivity index (χ2n) is 6.27. The van der Waals surface area contributed by atoms with Gasteiger partial charge in [-0.2, -0.15) is 8.42 Å². The molecule has 138 valence electrons. The minimum absolute atomic E-state index is 0.0431. The molecule has 1 heterocycles. The first-order chi connectivity index (χ1) is 12.4. The summed E-state index contributed by atoms with van der Waals surface area (Å²) >= 11 is 0. The molecule has 0 bridgehead atoms. The highest BCUT2D eigenvalue weighted by atomic mass is 32.2. The Kier molecular flexibility index (Phi) is 5.18. The van der Waals surface area contributed by atoms with Gasteiger partial charge in [-0.05, 0) is 55.3 Å². The van der Waals surface area contributed by atoms with Crippen LogP contribution in [0, 0.1) is 6.92 Å². The molecule has 2 aromatic carbocycles. The van der Waals surface area contributed by atoms with Crippen LogP contribution >= 0.6 is 0 Å². The van der Waals surface area contributed by atoms with Crippen LogP contribution in [-0.4, -0.2) is 39.0 Å². The van der Waals surface area contributed by atoms with Crippen LogP contribution in [0.15, 0.2) is 53.4 Å². The molecule has 0 atom stereocenters. The number of rotatable bonds is 6. The van der Waals surface area contributed by atoms with Crippen LogP contribution in [0.1, 0.15) is 18.9 Å². The molecule has 1 aliphatic rings. The van der Waals surface area contributed by atoms with Crippen molar-refractivity contribution in [3.05, 3.63) is 54.1 Å². The molecule has 2 amide bonds. The summed E-state index contributed by atoms with van der Waals surface area (Å²) in [6, 6.07) is 13.0. The average molecular weight is 374 g/mol. The molecule has 0 aromatic heterocycles. The molecular weight excluding hydrogens is 352 g/mol. The molecule has 0 radical (unpaired) electrons. The third kappa shape index (κ3) is 3.83. The van der Waals surface area contributed by atoms with Crippen molar-refractivity contribution in [2.75, 3.05) is 24.5 Å². The number of amides is 2. The first kappa shape index (κ1) is 18.3. The first-order valence-electron chi connectivity index (χ1n) is 8.58. The highest BCUT2D eigenvalue weighted by Gasteiger charge is 2.29. The molecule has 3 rings (SSSR count). The third-order valence-corrected chi connectivity index (χ3v) is 5.48. The monoisotopic (exact) mass is 374 g/mol. The van der Waals surface area contributed by atoms with Crippen LogP contribution in [0.2, 0.25) is 0 Å². The summed E-state index contributed by atoms with van der Waals surface area (Å²) in [6.07, 6.45) is 0.910. The molecule has 26 heavy (non-hydrogen) atoms. The van der Waals surface area contributed by atoms with E-state index >= 15 is 0 Å². The number of aryl methyl sites for hydroxylation is 1. The Morgan fingerprint density at radius 2 is 1.81 bits per heavy atom. The van der Waals surface area contributed by atoms with Crippen molar-refractivity contribution >= 4 is 21.8 Å². The summed E-state index contributed by atoms with van der Waals surface area (Å²) in [5.74, 6) is 0.277. The van der Waals surface area contributed by atoms with Gasteiger partial charge in [0.25, 0.3) is 0 Å². The van der Waals surface area contributed by atoms with Gasteiger partial charge in [-0.25, -0.2) is 4.79 Å². The van der Waals surface area contributed by atoms with E-state index in [9.17, 15) is 13.2 Å². The number of carbonyl (C=O) groups is 1. The summed E-state index contributed by atoms with van der Waals surface area (Å²) in [6.45, 7) is 5.91. The highest BCUT2D eigenvalue weighted by Crippen LogP contribution is 2.24. The minimum atomic E-state index is -3.92. The largest absolute Gasteiger partial charge is 0.379 e. The summed E-state index contributed by atoms with van der Waals surface area (Å²) in [4.78, 5) is 15.9. The third-order valence-electron chi connectivity index (χ3n) is 4.22. The van der Waals surface area contributed by atoms with Crippen molar-refractivity contribution in [3.63, 3.8) is 0 Å². The van der Waals surface area contributed by atoms with Crippen molar-refractivity contribution in [1.82, 2.24) is 4.90 Å². The molecule has 2 aromatic rings. The van der Waals surface area contributed by atoms with Gasteiger partial charge < -0.3 is 9.08 Å². The fourth-order valence-corrected chi connectivity index (χ4v) is 3.86. The Morgan fingerprint density at radius 1 is 1.08 bits per heavy atom. The number of urea groups is 1. The normalized spacial score (nSPS) is 14.8. The molecule has 7 heteroatoms. The second kappa shape index (κ2) is 7.37. The quantitative estimate of drug-likeness (QED) is 0.727. The van der Waals surface area contributed by atoms with Gasteiger partial charge in [0.1, 0.15) is 10.6 Å². The highest BCUT2D eigenvalue weighted by molar-refractivity contribution is 7.87. The summed E-state index contributed by atoms with van der Waals surface area (Å²) in [5.41, 5.74) is 1.60. The van der Waals surface area contributed by atoms with Crippen molar-refractivity contribution in [2.24, 2.45) is 0 Å². The number of carbonyl (C=O) groups excluding carboxylic acids is 1. The van der Waals surface area contributed by atoms with Crippen LogP contribution < -0.4 is 9.08 Å². The Morgan fingerprint density at radius 3 is 2.46 bits per heavy atom. The topological polar surface area (TPSA) is 66.9 Å². The van der Waals surface area contributed by atoms with Gasteiger partial charge in [0.2, 0.25) is 0 Å². The van der Waals surface area contributed by atoms with Crippen molar-refractivity contribution in [3.8, 4) is 5.75 Å². The maximum absolute atomic E-state index is 12.4. The Bertz CT molecular complexity index is 894. The van der Waals surface area contributed by atoms with E-state index in [0.717, 1.165) is 18.5 Å². The molecule has 6 nitrogen and oxygen atoms in total. The Balaban J connectivity index is 1.76. The van der Waals surface area contributed by atoms with E-state index in [0.29, 0.717) is 18.8 Å². The van der Waals surface area contributed by atoms with Gasteiger partial charge >= 0.3 is 16.1 Å².